The summed E-state index contributed by atoms with van der Waals surface area (Å²) in [6.07, 6.45) is 2.29. The van der Waals surface area contributed by atoms with Crippen molar-refractivity contribution in [1.82, 2.24) is 4.90 Å². The number of carbonyl (C=O) groups is 1. The van der Waals surface area contributed by atoms with Crippen molar-refractivity contribution >= 4 is 23.2 Å². The minimum absolute atomic E-state index is 0.148. The van der Waals surface area contributed by atoms with E-state index >= 15 is 0 Å². The number of anilines is 1. The highest BCUT2D eigenvalue weighted by Crippen LogP contribution is 2.26. The molecular weight excluding hydrogens is 236 g/mol. The summed E-state index contributed by atoms with van der Waals surface area (Å²) in [6.45, 7) is 3.12. The molecule has 0 spiro atoms. The van der Waals surface area contributed by atoms with Gasteiger partial charge in [-0.15, -0.1) is 0 Å². The second kappa shape index (κ2) is 5.41. The molecule has 1 fully saturated rings. The predicted octanol–water partition coefficient (Wildman–Crippen LogP) is 2.76. The Bertz CT molecular complexity index is 404. The molecular formula is C13H17ClN2O. The molecule has 0 heterocycles. The first-order valence-electron chi connectivity index (χ1n) is 6.00. The highest BCUT2D eigenvalue weighted by Gasteiger charge is 2.30. The lowest BCUT2D eigenvalue weighted by molar-refractivity contribution is -0.129. The Morgan fingerprint density at radius 1 is 1.47 bits per heavy atom. The van der Waals surface area contributed by atoms with Crippen molar-refractivity contribution in [3.05, 3.63) is 29.3 Å². The largest absolute Gasteiger partial charge is 0.375 e. The average molecular weight is 253 g/mol. The fraction of sp³-hybridized carbons (Fsp3) is 0.462. The quantitative estimate of drug-likeness (QED) is 0.874. The van der Waals surface area contributed by atoms with Crippen molar-refractivity contribution in [3.63, 3.8) is 0 Å². The second-order valence-corrected chi connectivity index (χ2v) is 4.65. The molecule has 92 valence electrons. The van der Waals surface area contributed by atoms with Gasteiger partial charge in [0.05, 0.1) is 17.3 Å². The predicted molar refractivity (Wildman–Crippen MR) is 70.4 cm³/mol. The molecule has 0 unspecified atom stereocenters. The molecule has 1 amide bonds. The highest BCUT2D eigenvalue weighted by molar-refractivity contribution is 6.33. The summed E-state index contributed by atoms with van der Waals surface area (Å²) in [6, 6.07) is 7.94. The second-order valence-electron chi connectivity index (χ2n) is 4.24. The zero-order chi connectivity index (χ0) is 12.3. The molecule has 1 aliphatic carbocycles. The fourth-order valence-electron chi connectivity index (χ4n) is 1.90. The van der Waals surface area contributed by atoms with Crippen LogP contribution in [-0.4, -0.2) is 29.9 Å². The molecule has 3 nitrogen and oxygen atoms in total. The molecule has 1 N–H and O–H groups in total. The van der Waals surface area contributed by atoms with Crippen molar-refractivity contribution in [1.29, 1.82) is 0 Å². The molecule has 1 aromatic rings. The molecule has 0 bridgehead atoms. The summed E-state index contributed by atoms with van der Waals surface area (Å²) in [5, 5.41) is 3.73. The number of hydrogen-bond donors (Lipinski definition) is 1. The zero-order valence-electron chi connectivity index (χ0n) is 9.95. The molecule has 0 atom stereocenters. The van der Waals surface area contributed by atoms with Gasteiger partial charge in [0.25, 0.3) is 0 Å². The number of halogens is 1. The van der Waals surface area contributed by atoms with E-state index in [4.69, 9.17) is 11.6 Å². The van der Waals surface area contributed by atoms with E-state index < -0.39 is 0 Å². The van der Waals surface area contributed by atoms with Crippen LogP contribution in [0.4, 0.5) is 5.69 Å². The topological polar surface area (TPSA) is 32.3 Å². The van der Waals surface area contributed by atoms with Gasteiger partial charge in [0, 0.05) is 12.6 Å². The third-order valence-electron chi connectivity index (χ3n) is 2.95. The van der Waals surface area contributed by atoms with E-state index in [9.17, 15) is 4.79 Å². The van der Waals surface area contributed by atoms with Gasteiger partial charge in [-0.2, -0.15) is 0 Å². The van der Waals surface area contributed by atoms with Crippen LogP contribution in [0.1, 0.15) is 19.8 Å². The van der Waals surface area contributed by atoms with E-state index in [1.807, 2.05) is 36.1 Å². The van der Waals surface area contributed by atoms with E-state index in [0.29, 0.717) is 17.6 Å². The number of nitrogens with one attached hydrogen (secondary N) is 1. The molecule has 0 radical (unpaired) electrons. The van der Waals surface area contributed by atoms with Crippen LogP contribution >= 0.6 is 11.6 Å². The summed E-state index contributed by atoms with van der Waals surface area (Å²) in [5.74, 6) is 0.148. The van der Waals surface area contributed by atoms with Crippen LogP contribution in [0.15, 0.2) is 24.3 Å². The summed E-state index contributed by atoms with van der Waals surface area (Å²) in [5.41, 5.74) is 0.814. The molecule has 1 aliphatic rings. The number of rotatable bonds is 5. The lowest BCUT2D eigenvalue weighted by Crippen LogP contribution is -2.37. The van der Waals surface area contributed by atoms with Gasteiger partial charge in [0.2, 0.25) is 5.91 Å². The first-order chi connectivity index (χ1) is 8.22. The van der Waals surface area contributed by atoms with Crippen LogP contribution < -0.4 is 5.32 Å². The maximum Gasteiger partial charge on any atom is 0.242 e. The molecule has 0 aromatic heterocycles. The van der Waals surface area contributed by atoms with Crippen molar-refractivity contribution in [2.24, 2.45) is 0 Å². The monoisotopic (exact) mass is 252 g/mol. The van der Waals surface area contributed by atoms with Crippen LogP contribution in [-0.2, 0) is 4.79 Å². The number of nitrogens with zero attached hydrogens (tertiary/aromatic N) is 1. The van der Waals surface area contributed by atoms with E-state index in [-0.39, 0.29) is 5.91 Å². The number of amides is 1. The van der Waals surface area contributed by atoms with E-state index in [1.165, 1.54) is 0 Å². The van der Waals surface area contributed by atoms with Crippen LogP contribution in [0, 0.1) is 0 Å². The Labute approximate surface area is 107 Å². The SMILES string of the molecule is CCN(C(=O)CNc1ccccc1Cl)C1CC1. The minimum atomic E-state index is 0.148. The van der Waals surface area contributed by atoms with Crippen molar-refractivity contribution in [3.8, 4) is 0 Å². The van der Waals surface area contributed by atoms with Gasteiger partial charge in [-0.1, -0.05) is 23.7 Å². The maximum absolute atomic E-state index is 12.0. The Morgan fingerprint density at radius 2 is 2.18 bits per heavy atom. The van der Waals surface area contributed by atoms with Gasteiger partial charge in [-0.3, -0.25) is 4.79 Å². The summed E-state index contributed by atoms with van der Waals surface area (Å²) in [7, 11) is 0. The van der Waals surface area contributed by atoms with Gasteiger partial charge in [-0.05, 0) is 31.9 Å². The molecule has 1 saturated carbocycles. The number of likely N-dealkylation sites (N-methyl/N-ethyl adjacent to an activating group) is 1. The van der Waals surface area contributed by atoms with Gasteiger partial charge in [0.15, 0.2) is 0 Å². The Kier molecular flexibility index (Phi) is 3.89. The van der Waals surface area contributed by atoms with Crippen LogP contribution in [0.2, 0.25) is 5.02 Å². The van der Waals surface area contributed by atoms with Crippen molar-refractivity contribution < 1.29 is 4.79 Å². The lowest BCUT2D eigenvalue weighted by Gasteiger charge is -2.20. The lowest BCUT2D eigenvalue weighted by atomic mass is 10.3. The van der Waals surface area contributed by atoms with Gasteiger partial charge >= 0.3 is 0 Å². The number of carbonyl (C=O) groups excluding carboxylic acids is 1. The zero-order valence-corrected chi connectivity index (χ0v) is 10.7. The van der Waals surface area contributed by atoms with E-state index in [1.54, 1.807) is 0 Å². The summed E-state index contributed by atoms with van der Waals surface area (Å²) < 4.78 is 0. The van der Waals surface area contributed by atoms with Crippen LogP contribution in [0.25, 0.3) is 0 Å². The standard InChI is InChI=1S/C13H17ClN2O/c1-2-16(10-7-8-10)13(17)9-15-12-6-4-3-5-11(12)14/h3-6,10,15H,2,7-9H2,1H3. The third kappa shape index (κ3) is 3.13. The molecule has 1 aromatic carbocycles. The normalized spacial score (nSPS) is 14.5. The maximum atomic E-state index is 12.0. The smallest absolute Gasteiger partial charge is 0.242 e. The average Bonchev–Trinajstić information content (AvgIpc) is 3.13. The van der Waals surface area contributed by atoms with Crippen molar-refractivity contribution in [2.75, 3.05) is 18.4 Å². The van der Waals surface area contributed by atoms with E-state index in [0.717, 1.165) is 25.1 Å². The molecule has 2 rings (SSSR count). The third-order valence-corrected chi connectivity index (χ3v) is 3.28. The van der Waals surface area contributed by atoms with Gasteiger partial charge in [-0.25, -0.2) is 0 Å². The van der Waals surface area contributed by atoms with E-state index in [2.05, 4.69) is 5.32 Å². The first kappa shape index (κ1) is 12.2. The summed E-state index contributed by atoms with van der Waals surface area (Å²) in [4.78, 5) is 13.9. The Balaban J connectivity index is 1.89. The van der Waals surface area contributed by atoms with Crippen LogP contribution in [0.5, 0.6) is 0 Å². The molecule has 0 saturated heterocycles. The molecule has 17 heavy (non-hydrogen) atoms. The number of benzene rings is 1. The molecule has 4 heteroatoms. The van der Waals surface area contributed by atoms with Crippen LogP contribution in [0.3, 0.4) is 0 Å². The Hall–Kier alpha value is -1.22. The Morgan fingerprint density at radius 3 is 2.76 bits per heavy atom. The molecule has 0 aliphatic heterocycles. The van der Waals surface area contributed by atoms with Gasteiger partial charge < -0.3 is 10.2 Å². The first-order valence-corrected chi connectivity index (χ1v) is 6.38. The fourth-order valence-corrected chi connectivity index (χ4v) is 2.10. The number of hydrogen-bond acceptors (Lipinski definition) is 2. The summed E-state index contributed by atoms with van der Waals surface area (Å²) >= 11 is 6.01. The van der Waals surface area contributed by atoms with Crippen molar-refractivity contribution in [2.45, 2.75) is 25.8 Å². The highest BCUT2D eigenvalue weighted by atomic mass is 35.5. The minimum Gasteiger partial charge on any atom is -0.375 e. The van der Waals surface area contributed by atoms with Gasteiger partial charge in [0.1, 0.15) is 0 Å². The number of para-hydroxylation sites is 1.